The lowest BCUT2D eigenvalue weighted by Gasteiger charge is -2.30. The number of carbonyl (C=O) groups excluding carboxylic acids is 1. The van der Waals surface area contributed by atoms with Crippen molar-refractivity contribution in [1.82, 2.24) is 5.32 Å². The Labute approximate surface area is 152 Å². The van der Waals surface area contributed by atoms with Gasteiger partial charge in [0.05, 0.1) is 17.7 Å². The third kappa shape index (κ3) is 2.27. The van der Waals surface area contributed by atoms with Gasteiger partial charge in [0.25, 0.3) is 10.0 Å². The number of nitrogens with one attached hydrogen (secondary N) is 1. The lowest BCUT2D eigenvalue weighted by molar-refractivity contribution is -0.142. The molecule has 1 saturated heterocycles. The zero-order chi connectivity index (χ0) is 18.5. The fraction of sp³-hybridized carbons (Fsp3) is 0.316. The Morgan fingerprint density at radius 2 is 1.81 bits per heavy atom. The number of sulfonamides is 1. The van der Waals surface area contributed by atoms with Crippen LogP contribution in [0.1, 0.15) is 18.9 Å². The first kappa shape index (κ1) is 17.1. The van der Waals surface area contributed by atoms with Gasteiger partial charge in [-0.15, -0.1) is 0 Å². The number of ether oxygens (including phenoxy) is 1. The number of hydrogen-bond acceptors (Lipinski definition) is 5. The highest BCUT2D eigenvalue weighted by molar-refractivity contribution is 7.92. The van der Waals surface area contributed by atoms with Gasteiger partial charge in [-0.1, -0.05) is 43.3 Å². The second kappa shape index (κ2) is 5.82. The summed E-state index contributed by atoms with van der Waals surface area (Å²) in [6, 6.07) is 15.3. The number of anilines is 1. The number of para-hydroxylation sites is 1. The SMILES string of the molecule is COC(=O)[C@H]1C[C@@]2(C)c3ccccc3N(S(=O)(=O)c3ccccc3)[C@H]2N1. The lowest BCUT2D eigenvalue weighted by Crippen LogP contribution is -2.51. The Morgan fingerprint density at radius 3 is 2.50 bits per heavy atom. The van der Waals surface area contributed by atoms with Crippen molar-refractivity contribution in [1.29, 1.82) is 0 Å². The molecular formula is C19H20N2O4S. The molecular weight excluding hydrogens is 352 g/mol. The van der Waals surface area contributed by atoms with E-state index in [1.807, 2.05) is 31.2 Å². The third-order valence-corrected chi connectivity index (χ3v) is 7.16. The van der Waals surface area contributed by atoms with Crippen LogP contribution in [0.25, 0.3) is 0 Å². The second-order valence-corrected chi connectivity index (χ2v) is 8.71. The Morgan fingerprint density at radius 1 is 1.15 bits per heavy atom. The smallest absolute Gasteiger partial charge is 0.322 e. The van der Waals surface area contributed by atoms with Crippen LogP contribution >= 0.6 is 0 Å². The molecule has 0 saturated carbocycles. The van der Waals surface area contributed by atoms with E-state index in [-0.39, 0.29) is 10.9 Å². The normalized spacial score (nSPS) is 27.1. The highest BCUT2D eigenvalue weighted by Crippen LogP contribution is 2.52. The van der Waals surface area contributed by atoms with Crippen molar-refractivity contribution in [3.63, 3.8) is 0 Å². The summed E-state index contributed by atoms with van der Waals surface area (Å²) in [6.07, 6.45) is -0.0727. The van der Waals surface area contributed by atoms with E-state index in [0.29, 0.717) is 12.1 Å². The van der Waals surface area contributed by atoms with E-state index in [2.05, 4.69) is 5.32 Å². The monoisotopic (exact) mass is 372 g/mol. The van der Waals surface area contributed by atoms with Crippen LogP contribution in [0, 0.1) is 0 Å². The molecule has 1 N–H and O–H groups in total. The van der Waals surface area contributed by atoms with E-state index < -0.39 is 27.6 Å². The number of benzene rings is 2. The first-order valence-electron chi connectivity index (χ1n) is 8.42. The Bertz CT molecular complexity index is 961. The van der Waals surface area contributed by atoms with Crippen LogP contribution < -0.4 is 9.62 Å². The number of hydrogen-bond donors (Lipinski definition) is 1. The molecule has 0 bridgehead atoms. The molecule has 2 aliphatic rings. The molecule has 0 aliphatic carbocycles. The molecule has 7 heteroatoms. The molecule has 2 aromatic rings. The molecule has 2 aliphatic heterocycles. The van der Waals surface area contributed by atoms with Gasteiger partial charge in [-0.3, -0.25) is 10.1 Å². The van der Waals surface area contributed by atoms with Crippen LogP contribution in [0.5, 0.6) is 0 Å². The van der Waals surface area contributed by atoms with Gasteiger partial charge in [0, 0.05) is 5.41 Å². The lowest BCUT2D eigenvalue weighted by atomic mass is 9.80. The second-order valence-electron chi connectivity index (χ2n) is 6.90. The number of methoxy groups -OCH3 is 1. The van der Waals surface area contributed by atoms with Gasteiger partial charge in [-0.25, -0.2) is 12.7 Å². The first-order chi connectivity index (χ1) is 12.4. The summed E-state index contributed by atoms with van der Waals surface area (Å²) >= 11 is 0. The van der Waals surface area contributed by atoms with Gasteiger partial charge in [0.2, 0.25) is 0 Å². The predicted octanol–water partition coefficient (Wildman–Crippen LogP) is 2.01. The summed E-state index contributed by atoms with van der Waals surface area (Å²) in [5, 5.41) is 3.19. The van der Waals surface area contributed by atoms with Crippen LogP contribution in [-0.4, -0.2) is 33.7 Å². The average molecular weight is 372 g/mol. The Kier molecular flexibility index (Phi) is 3.82. The molecule has 0 amide bonds. The van der Waals surface area contributed by atoms with Crippen molar-refractivity contribution in [3.8, 4) is 0 Å². The molecule has 26 heavy (non-hydrogen) atoms. The molecule has 6 nitrogen and oxygen atoms in total. The van der Waals surface area contributed by atoms with Crippen LogP contribution in [-0.2, 0) is 25.0 Å². The Balaban J connectivity index is 1.86. The van der Waals surface area contributed by atoms with Crippen LogP contribution in [0.3, 0.4) is 0 Å². The molecule has 2 heterocycles. The maximum atomic E-state index is 13.4. The zero-order valence-electron chi connectivity index (χ0n) is 14.5. The van der Waals surface area contributed by atoms with Crippen LogP contribution in [0.15, 0.2) is 59.5 Å². The molecule has 3 atom stereocenters. The summed E-state index contributed by atoms with van der Waals surface area (Å²) in [5.74, 6) is -0.379. The Hall–Kier alpha value is -2.38. The zero-order valence-corrected chi connectivity index (χ0v) is 15.4. The van der Waals surface area contributed by atoms with Crippen molar-refractivity contribution in [3.05, 3.63) is 60.2 Å². The summed E-state index contributed by atoms with van der Waals surface area (Å²) in [5.41, 5.74) is 1.06. The standard InChI is InChI=1S/C19H20N2O4S/c1-19-12-15(17(22)25-2)20-18(19)21(16-11-7-6-10-14(16)19)26(23,24)13-8-4-3-5-9-13/h3-11,15,18,20H,12H2,1-2H3/t15-,18-,19+/m1/s1. The topological polar surface area (TPSA) is 75.7 Å². The van der Waals surface area contributed by atoms with Crippen molar-refractivity contribution < 1.29 is 17.9 Å². The van der Waals surface area contributed by atoms with Crippen molar-refractivity contribution >= 4 is 21.7 Å². The molecule has 0 radical (unpaired) electrons. The van der Waals surface area contributed by atoms with E-state index >= 15 is 0 Å². The highest BCUT2D eigenvalue weighted by Gasteiger charge is 2.58. The fourth-order valence-electron chi connectivity index (χ4n) is 4.11. The van der Waals surface area contributed by atoms with E-state index in [0.717, 1.165) is 5.56 Å². The molecule has 2 aromatic carbocycles. The minimum atomic E-state index is -3.78. The number of rotatable bonds is 3. The van der Waals surface area contributed by atoms with Gasteiger partial charge in [-0.05, 0) is 30.2 Å². The van der Waals surface area contributed by atoms with E-state index in [4.69, 9.17) is 4.74 Å². The summed E-state index contributed by atoms with van der Waals surface area (Å²) in [4.78, 5) is 12.3. The van der Waals surface area contributed by atoms with E-state index in [1.165, 1.54) is 11.4 Å². The summed E-state index contributed by atoms with van der Waals surface area (Å²) < 4.78 is 33.1. The molecule has 1 fully saturated rings. The summed E-state index contributed by atoms with van der Waals surface area (Å²) in [7, 11) is -2.44. The van der Waals surface area contributed by atoms with E-state index in [9.17, 15) is 13.2 Å². The minimum Gasteiger partial charge on any atom is -0.468 e. The first-order valence-corrected chi connectivity index (χ1v) is 9.86. The fourth-order valence-corrected chi connectivity index (χ4v) is 5.83. The van der Waals surface area contributed by atoms with Crippen LogP contribution in [0.4, 0.5) is 5.69 Å². The quantitative estimate of drug-likeness (QED) is 0.834. The van der Waals surface area contributed by atoms with Gasteiger partial charge in [0.15, 0.2) is 0 Å². The third-order valence-electron chi connectivity index (χ3n) is 5.37. The number of carbonyl (C=O) groups is 1. The molecule has 4 rings (SSSR count). The number of nitrogens with zero attached hydrogens (tertiary/aromatic N) is 1. The molecule has 0 aromatic heterocycles. The number of esters is 1. The van der Waals surface area contributed by atoms with Gasteiger partial charge < -0.3 is 4.74 Å². The average Bonchev–Trinajstić information content (AvgIpc) is 3.11. The molecule has 136 valence electrons. The maximum absolute atomic E-state index is 13.4. The molecule has 0 unspecified atom stereocenters. The van der Waals surface area contributed by atoms with Gasteiger partial charge in [-0.2, -0.15) is 0 Å². The van der Waals surface area contributed by atoms with Crippen molar-refractivity contribution in [2.24, 2.45) is 0 Å². The van der Waals surface area contributed by atoms with Crippen LogP contribution in [0.2, 0.25) is 0 Å². The van der Waals surface area contributed by atoms with Crippen molar-refractivity contribution in [2.75, 3.05) is 11.4 Å². The highest BCUT2D eigenvalue weighted by atomic mass is 32.2. The van der Waals surface area contributed by atoms with Crippen molar-refractivity contribution in [2.45, 2.75) is 35.9 Å². The minimum absolute atomic E-state index is 0.224. The van der Waals surface area contributed by atoms with Gasteiger partial charge >= 0.3 is 5.97 Å². The summed E-state index contributed by atoms with van der Waals surface area (Å²) in [6.45, 7) is 1.99. The molecule has 0 spiro atoms. The number of fused-ring (bicyclic) bond motifs is 3. The predicted molar refractivity (Wildman–Crippen MR) is 97.2 cm³/mol. The van der Waals surface area contributed by atoms with E-state index in [1.54, 1.807) is 30.3 Å². The maximum Gasteiger partial charge on any atom is 0.322 e. The van der Waals surface area contributed by atoms with Gasteiger partial charge in [0.1, 0.15) is 12.2 Å². The largest absolute Gasteiger partial charge is 0.468 e.